The van der Waals surface area contributed by atoms with Crippen molar-refractivity contribution in [1.29, 1.82) is 5.26 Å². The number of hydrogen-bond acceptors (Lipinski definition) is 5. The number of carbonyl (C=O) groups excluding carboxylic acids is 1. The molecule has 0 spiro atoms. The zero-order valence-corrected chi connectivity index (χ0v) is 15.9. The number of halogens is 3. The highest BCUT2D eigenvalue weighted by atomic mass is 127. The zero-order valence-electron chi connectivity index (χ0n) is 13.0. The lowest BCUT2D eigenvalue weighted by Crippen LogP contribution is -2.15. The molecular formula is C17H12ClFINO4. The first-order valence-electron chi connectivity index (χ1n) is 7.09. The number of nitrogens with zero attached hydrogens (tertiary/aromatic N) is 1. The third kappa shape index (κ3) is 5.21. The maximum atomic E-state index is 14.6. The van der Waals surface area contributed by atoms with Crippen LogP contribution in [0.1, 0.15) is 12.5 Å². The SMILES string of the molecule is CCOC(=O)COc1ccc(I)c(Oc2cc(Cl)cc(C#N)c2)c1F. The Balaban J connectivity index is 2.26. The summed E-state index contributed by atoms with van der Waals surface area (Å²) in [5.41, 5.74) is 0.285. The number of benzene rings is 2. The molecule has 0 aliphatic heterocycles. The van der Waals surface area contributed by atoms with E-state index in [0.29, 0.717) is 8.59 Å². The van der Waals surface area contributed by atoms with Crippen molar-refractivity contribution in [3.63, 3.8) is 0 Å². The van der Waals surface area contributed by atoms with Gasteiger partial charge in [-0.05, 0) is 59.8 Å². The summed E-state index contributed by atoms with van der Waals surface area (Å²) in [6.45, 7) is 1.46. The molecule has 0 aromatic heterocycles. The van der Waals surface area contributed by atoms with Crippen LogP contribution in [0.25, 0.3) is 0 Å². The lowest BCUT2D eigenvalue weighted by molar-refractivity contribution is -0.145. The van der Waals surface area contributed by atoms with Crippen LogP contribution in [0.5, 0.6) is 17.2 Å². The second-order valence-electron chi connectivity index (χ2n) is 4.67. The van der Waals surface area contributed by atoms with Gasteiger partial charge in [-0.1, -0.05) is 11.6 Å². The summed E-state index contributed by atoms with van der Waals surface area (Å²) in [4.78, 5) is 11.3. The number of ether oxygens (including phenoxy) is 3. The number of carbonyl (C=O) groups is 1. The first kappa shape index (κ1) is 19.3. The topological polar surface area (TPSA) is 68.6 Å². The third-order valence-corrected chi connectivity index (χ3v) is 3.95. The minimum Gasteiger partial charge on any atom is -0.479 e. The average Bonchev–Trinajstić information content (AvgIpc) is 2.57. The number of nitriles is 1. The van der Waals surface area contributed by atoms with Gasteiger partial charge in [-0.15, -0.1) is 0 Å². The largest absolute Gasteiger partial charge is 0.479 e. The van der Waals surface area contributed by atoms with Gasteiger partial charge in [0.2, 0.25) is 5.82 Å². The van der Waals surface area contributed by atoms with Gasteiger partial charge >= 0.3 is 5.97 Å². The van der Waals surface area contributed by atoms with Crippen molar-refractivity contribution < 1.29 is 23.4 Å². The molecule has 0 bridgehead atoms. The molecule has 2 aromatic carbocycles. The van der Waals surface area contributed by atoms with E-state index in [-0.39, 0.29) is 29.4 Å². The Morgan fingerprint density at radius 1 is 1.36 bits per heavy atom. The van der Waals surface area contributed by atoms with Crippen LogP contribution >= 0.6 is 34.2 Å². The summed E-state index contributed by atoms with van der Waals surface area (Å²) in [6, 6.07) is 9.28. The van der Waals surface area contributed by atoms with Gasteiger partial charge in [0.05, 0.1) is 21.8 Å². The minimum atomic E-state index is -0.769. The van der Waals surface area contributed by atoms with Crippen LogP contribution in [0.15, 0.2) is 30.3 Å². The van der Waals surface area contributed by atoms with Crippen LogP contribution in [-0.4, -0.2) is 19.2 Å². The van der Waals surface area contributed by atoms with Crippen molar-refractivity contribution in [2.45, 2.75) is 6.92 Å². The highest BCUT2D eigenvalue weighted by Crippen LogP contribution is 2.35. The normalized spacial score (nSPS) is 10.0. The Morgan fingerprint density at radius 3 is 2.80 bits per heavy atom. The molecule has 130 valence electrons. The monoisotopic (exact) mass is 475 g/mol. The van der Waals surface area contributed by atoms with Gasteiger partial charge in [-0.25, -0.2) is 4.79 Å². The summed E-state index contributed by atoms with van der Waals surface area (Å²) in [6.07, 6.45) is 0. The van der Waals surface area contributed by atoms with Gasteiger partial charge in [0.25, 0.3) is 0 Å². The van der Waals surface area contributed by atoms with Gasteiger partial charge in [0, 0.05) is 5.02 Å². The molecular weight excluding hydrogens is 464 g/mol. The van der Waals surface area contributed by atoms with Crippen LogP contribution in [0.4, 0.5) is 4.39 Å². The molecule has 0 N–H and O–H groups in total. The van der Waals surface area contributed by atoms with Crippen molar-refractivity contribution in [2.24, 2.45) is 0 Å². The first-order chi connectivity index (χ1) is 11.9. The van der Waals surface area contributed by atoms with Gasteiger partial charge in [0.15, 0.2) is 18.1 Å². The van der Waals surface area contributed by atoms with Crippen LogP contribution in [0.3, 0.4) is 0 Å². The molecule has 25 heavy (non-hydrogen) atoms. The third-order valence-electron chi connectivity index (χ3n) is 2.88. The Morgan fingerprint density at radius 2 is 2.12 bits per heavy atom. The second-order valence-corrected chi connectivity index (χ2v) is 6.27. The number of rotatable bonds is 6. The molecule has 0 aliphatic carbocycles. The molecule has 0 radical (unpaired) electrons. The molecule has 2 aromatic rings. The number of esters is 1. The Labute approximate surface area is 162 Å². The highest BCUT2D eigenvalue weighted by molar-refractivity contribution is 14.1. The van der Waals surface area contributed by atoms with E-state index in [2.05, 4.69) is 0 Å². The van der Waals surface area contributed by atoms with Crippen LogP contribution < -0.4 is 9.47 Å². The highest BCUT2D eigenvalue weighted by Gasteiger charge is 2.17. The zero-order chi connectivity index (χ0) is 18.4. The Kier molecular flexibility index (Phi) is 6.84. The smallest absolute Gasteiger partial charge is 0.344 e. The molecule has 0 atom stereocenters. The van der Waals surface area contributed by atoms with E-state index in [9.17, 15) is 9.18 Å². The fraction of sp³-hybridized carbons (Fsp3) is 0.176. The van der Waals surface area contributed by atoms with E-state index >= 15 is 0 Å². The predicted molar refractivity (Wildman–Crippen MR) is 97.5 cm³/mol. The summed E-state index contributed by atoms with van der Waals surface area (Å²) in [7, 11) is 0. The van der Waals surface area contributed by atoms with E-state index in [1.165, 1.54) is 24.3 Å². The van der Waals surface area contributed by atoms with Gasteiger partial charge in [0.1, 0.15) is 5.75 Å². The first-order valence-corrected chi connectivity index (χ1v) is 8.55. The summed E-state index contributed by atoms with van der Waals surface area (Å²) >= 11 is 7.82. The Bertz CT molecular complexity index is 838. The average molecular weight is 476 g/mol. The molecule has 0 saturated heterocycles. The molecule has 2 rings (SSSR count). The minimum absolute atomic E-state index is 0.0897. The lowest BCUT2D eigenvalue weighted by atomic mass is 10.2. The number of hydrogen-bond donors (Lipinski definition) is 0. The molecule has 0 aliphatic rings. The maximum Gasteiger partial charge on any atom is 0.344 e. The van der Waals surface area contributed by atoms with E-state index in [0.717, 1.165) is 0 Å². The standard InChI is InChI=1S/C17H12ClFINO4/c1-2-23-15(22)9-24-14-4-3-13(20)17(16(14)19)25-12-6-10(8-21)5-11(18)7-12/h3-7H,2,9H2,1H3. The van der Waals surface area contributed by atoms with E-state index in [1.807, 2.05) is 28.7 Å². The van der Waals surface area contributed by atoms with Crippen molar-refractivity contribution in [1.82, 2.24) is 0 Å². The molecule has 0 saturated carbocycles. The lowest BCUT2D eigenvalue weighted by Gasteiger charge is -2.13. The van der Waals surface area contributed by atoms with Crippen molar-refractivity contribution in [2.75, 3.05) is 13.2 Å². The second kappa shape index (κ2) is 8.87. The van der Waals surface area contributed by atoms with Gasteiger partial charge in [-0.3, -0.25) is 0 Å². The molecule has 8 heteroatoms. The molecule has 5 nitrogen and oxygen atoms in total. The molecule has 0 heterocycles. The van der Waals surface area contributed by atoms with Crippen molar-refractivity contribution in [3.8, 4) is 23.3 Å². The fourth-order valence-corrected chi connectivity index (χ4v) is 2.61. The molecule has 0 fully saturated rings. The summed E-state index contributed by atoms with van der Waals surface area (Å²) < 4.78 is 30.5. The quantitative estimate of drug-likeness (QED) is 0.448. The predicted octanol–water partition coefficient (Wildman–Crippen LogP) is 4.69. The van der Waals surface area contributed by atoms with Crippen LogP contribution in [-0.2, 0) is 9.53 Å². The van der Waals surface area contributed by atoms with Crippen molar-refractivity contribution >= 4 is 40.2 Å². The van der Waals surface area contributed by atoms with E-state index < -0.39 is 18.4 Å². The van der Waals surface area contributed by atoms with E-state index in [4.69, 9.17) is 31.1 Å². The van der Waals surface area contributed by atoms with Gasteiger partial charge in [-0.2, -0.15) is 9.65 Å². The van der Waals surface area contributed by atoms with Crippen molar-refractivity contribution in [3.05, 3.63) is 50.3 Å². The molecule has 0 amide bonds. The fourth-order valence-electron chi connectivity index (χ4n) is 1.86. The maximum absolute atomic E-state index is 14.6. The van der Waals surface area contributed by atoms with E-state index in [1.54, 1.807) is 13.0 Å². The molecule has 0 unspecified atom stereocenters. The summed E-state index contributed by atoms with van der Waals surface area (Å²) in [5, 5.41) is 9.26. The van der Waals surface area contributed by atoms with Gasteiger partial charge < -0.3 is 14.2 Å². The Hall–Kier alpha value is -2.05. The van der Waals surface area contributed by atoms with Crippen LogP contribution in [0.2, 0.25) is 5.02 Å². The summed E-state index contributed by atoms with van der Waals surface area (Å²) in [5.74, 6) is -1.39. The van der Waals surface area contributed by atoms with Crippen LogP contribution in [0, 0.1) is 20.7 Å².